The number of benzene rings is 2. The number of hydrogen-bond acceptors (Lipinski definition) is 4. The number of piperazine rings is 1. The van der Waals surface area contributed by atoms with E-state index in [1.165, 1.54) is 12.1 Å². The number of ether oxygens (including phenoxy) is 2. The summed E-state index contributed by atoms with van der Waals surface area (Å²) >= 11 is 0. The Morgan fingerprint density at radius 1 is 0.829 bits per heavy atom. The summed E-state index contributed by atoms with van der Waals surface area (Å²) in [5.74, 6) is 1.34. The van der Waals surface area contributed by atoms with Crippen LogP contribution in [0.15, 0.2) is 36.4 Å². The molecule has 3 aliphatic rings. The number of likely N-dealkylation sites (N-methyl/N-ethyl adjacent to an activating group) is 1. The van der Waals surface area contributed by atoms with Gasteiger partial charge < -0.3 is 14.4 Å². The van der Waals surface area contributed by atoms with Crippen LogP contribution in [-0.4, -0.2) is 54.2 Å². The Hall–Kier alpha value is -2.25. The van der Waals surface area contributed by atoms with Gasteiger partial charge in [-0.1, -0.05) is 18.2 Å². The average Bonchev–Trinajstić information content (AvgIpc) is 2.76. The monoisotopic (exact) mass is 488 g/mol. The topological polar surface area (TPSA) is 24.9 Å². The van der Waals surface area contributed by atoms with Gasteiger partial charge in [-0.2, -0.15) is 13.2 Å². The van der Waals surface area contributed by atoms with Crippen molar-refractivity contribution in [3.8, 4) is 11.5 Å². The SMILES string of the molecule is CN1CCN(C2CC(C)(C)Oc3cc4c(cc32)C(c2cccc(C(F)(F)F)c2)CC(C)(C)O4)CC1. The summed E-state index contributed by atoms with van der Waals surface area (Å²) < 4.78 is 53.4. The maximum absolute atomic E-state index is 13.5. The molecule has 0 spiro atoms. The van der Waals surface area contributed by atoms with E-state index in [4.69, 9.17) is 9.47 Å². The van der Waals surface area contributed by atoms with Crippen molar-refractivity contribution in [3.05, 3.63) is 58.7 Å². The first kappa shape index (κ1) is 24.4. The predicted octanol–water partition coefficient (Wildman–Crippen LogP) is 6.25. The molecule has 190 valence electrons. The Bertz CT molecular complexity index is 1100. The van der Waals surface area contributed by atoms with E-state index in [-0.39, 0.29) is 17.6 Å². The molecule has 2 aromatic rings. The molecule has 3 aliphatic heterocycles. The normalized spacial score (nSPS) is 26.3. The van der Waals surface area contributed by atoms with Crippen LogP contribution in [0.2, 0.25) is 0 Å². The van der Waals surface area contributed by atoms with E-state index in [1.807, 2.05) is 26.0 Å². The third kappa shape index (κ3) is 4.90. The number of alkyl halides is 3. The van der Waals surface area contributed by atoms with E-state index < -0.39 is 17.3 Å². The summed E-state index contributed by atoms with van der Waals surface area (Å²) in [6.07, 6.45) is -2.91. The maximum Gasteiger partial charge on any atom is 0.416 e. The molecule has 0 N–H and O–H groups in total. The largest absolute Gasteiger partial charge is 0.487 e. The molecule has 0 radical (unpaired) electrons. The highest BCUT2D eigenvalue weighted by atomic mass is 19.4. The summed E-state index contributed by atoms with van der Waals surface area (Å²) in [6, 6.07) is 10.1. The molecule has 0 bridgehead atoms. The van der Waals surface area contributed by atoms with Gasteiger partial charge in [-0.15, -0.1) is 0 Å². The van der Waals surface area contributed by atoms with Gasteiger partial charge in [0.25, 0.3) is 0 Å². The van der Waals surface area contributed by atoms with E-state index in [2.05, 4.69) is 36.8 Å². The van der Waals surface area contributed by atoms with Crippen molar-refractivity contribution in [3.63, 3.8) is 0 Å². The summed E-state index contributed by atoms with van der Waals surface area (Å²) in [7, 11) is 2.15. The molecule has 0 aromatic heterocycles. The second-order valence-electron chi connectivity index (χ2n) is 11.6. The smallest absolute Gasteiger partial charge is 0.416 e. The lowest BCUT2D eigenvalue weighted by Gasteiger charge is -2.46. The van der Waals surface area contributed by atoms with Crippen molar-refractivity contribution in [2.45, 2.75) is 69.9 Å². The van der Waals surface area contributed by atoms with Crippen molar-refractivity contribution in [2.75, 3.05) is 33.2 Å². The maximum atomic E-state index is 13.5. The molecule has 2 unspecified atom stereocenters. The highest BCUT2D eigenvalue weighted by Crippen LogP contribution is 2.51. The Balaban J connectivity index is 1.60. The molecule has 7 heteroatoms. The van der Waals surface area contributed by atoms with Gasteiger partial charge in [-0.05, 0) is 58.9 Å². The fraction of sp³-hybridized carbons (Fsp3) is 0.571. The Labute approximate surface area is 206 Å². The molecule has 0 saturated carbocycles. The minimum atomic E-state index is -4.37. The number of rotatable bonds is 2. The van der Waals surface area contributed by atoms with Crippen molar-refractivity contribution >= 4 is 0 Å². The Morgan fingerprint density at radius 3 is 2.11 bits per heavy atom. The Kier molecular flexibility index (Phi) is 5.87. The second-order valence-corrected chi connectivity index (χ2v) is 11.6. The van der Waals surface area contributed by atoms with Gasteiger partial charge >= 0.3 is 6.18 Å². The lowest BCUT2D eigenvalue weighted by Crippen LogP contribution is -2.49. The number of fused-ring (bicyclic) bond motifs is 2. The van der Waals surface area contributed by atoms with Gasteiger partial charge in [-0.25, -0.2) is 0 Å². The Morgan fingerprint density at radius 2 is 1.46 bits per heavy atom. The van der Waals surface area contributed by atoms with Crippen LogP contribution in [0.1, 0.15) is 74.8 Å². The zero-order chi connectivity index (χ0) is 25.2. The molecule has 2 atom stereocenters. The van der Waals surface area contributed by atoms with E-state index in [9.17, 15) is 13.2 Å². The molecule has 3 heterocycles. The van der Waals surface area contributed by atoms with Gasteiger partial charge in [0, 0.05) is 61.8 Å². The van der Waals surface area contributed by atoms with Gasteiger partial charge in [0.05, 0.1) is 5.56 Å². The average molecular weight is 489 g/mol. The van der Waals surface area contributed by atoms with Crippen LogP contribution in [0.4, 0.5) is 13.2 Å². The minimum Gasteiger partial charge on any atom is -0.487 e. The van der Waals surface area contributed by atoms with Gasteiger partial charge in [0.2, 0.25) is 0 Å². The van der Waals surface area contributed by atoms with E-state index in [1.54, 1.807) is 0 Å². The van der Waals surface area contributed by atoms with Crippen LogP contribution in [-0.2, 0) is 6.18 Å². The number of nitrogens with zero attached hydrogens (tertiary/aromatic N) is 2. The van der Waals surface area contributed by atoms with Gasteiger partial charge in [-0.3, -0.25) is 4.90 Å². The highest BCUT2D eigenvalue weighted by Gasteiger charge is 2.42. The van der Waals surface area contributed by atoms with Gasteiger partial charge in [0.1, 0.15) is 22.7 Å². The summed E-state index contributed by atoms with van der Waals surface area (Å²) in [6.45, 7) is 12.2. The van der Waals surface area contributed by atoms with Crippen molar-refractivity contribution in [1.82, 2.24) is 9.80 Å². The molecule has 1 fully saturated rings. The van der Waals surface area contributed by atoms with Crippen LogP contribution in [0.5, 0.6) is 11.5 Å². The number of hydrogen-bond donors (Lipinski definition) is 0. The predicted molar refractivity (Wildman–Crippen MR) is 130 cm³/mol. The molecular formula is C28H35F3N2O2. The first-order valence-electron chi connectivity index (χ1n) is 12.5. The molecule has 1 saturated heterocycles. The molecule has 4 nitrogen and oxygen atoms in total. The van der Waals surface area contributed by atoms with E-state index >= 15 is 0 Å². The summed E-state index contributed by atoms with van der Waals surface area (Å²) in [4.78, 5) is 4.87. The third-order valence-corrected chi connectivity index (χ3v) is 7.62. The molecule has 0 aliphatic carbocycles. The fourth-order valence-corrected chi connectivity index (χ4v) is 5.85. The molecule has 35 heavy (non-hydrogen) atoms. The van der Waals surface area contributed by atoms with Crippen LogP contribution in [0.25, 0.3) is 0 Å². The van der Waals surface area contributed by atoms with Crippen molar-refractivity contribution in [2.24, 2.45) is 0 Å². The summed E-state index contributed by atoms with van der Waals surface area (Å²) in [5, 5.41) is 0. The van der Waals surface area contributed by atoms with E-state index in [0.717, 1.165) is 55.5 Å². The lowest BCUT2D eigenvalue weighted by molar-refractivity contribution is -0.137. The first-order chi connectivity index (χ1) is 16.3. The van der Waals surface area contributed by atoms with Crippen molar-refractivity contribution in [1.29, 1.82) is 0 Å². The quantitative estimate of drug-likeness (QED) is 0.499. The summed E-state index contributed by atoms with van der Waals surface area (Å²) in [5.41, 5.74) is 1.30. The zero-order valence-corrected chi connectivity index (χ0v) is 21.2. The van der Waals surface area contributed by atoms with E-state index in [0.29, 0.717) is 17.7 Å². The van der Waals surface area contributed by atoms with Crippen LogP contribution in [0, 0.1) is 0 Å². The van der Waals surface area contributed by atoms with Crippen LogP contribution < -0.4 is 9.47 Å². The van der Waals surface area contributed by atoms with Gasteiger partial charge in [0.15, 0.2) is 0 Å². The molecule has 5 rings (SSSR count). The van der Waals surface area contributed by atoms with Crippen LogP contribution >= 0.6 is 0 Å². The zero-order valence-electron chi connectivity index (χ0n) is 21.2. The number of halogens is 3. The highest BCUT2D eigenvalue weighted by molar-refractivity contribution is 5.54. The lowest BCUT2D eigenvalue weighted by atomic mass is 9.77. The minimum absolute atomic E-state index is 0.190. The first-order valence-corrected chi connectivity index (χ1v) is 12.5. The third-order valence-electron chi connectivity index (χ3n) is 7.62. The fourth-order valence-electron chi connectivity index (χ4n) is 5.85. The standard InChI is InChI=1S/C28H35F3N2O2/c1-26(2)16-22(18-7-6-8-19(13-18)28(29,30)31)20-14-21-23(33-11-9-32(5)10-12-33)17-27(3,4)35-25(21)15-24(20)34-26/h6-8,13-15,22-23H,9-12,16-17H2,1-5H3. The molecular weight excluding hydrogens is 453 g/mol. The van der Waals surface area contributed by atoms with Crippen molar-refractivity contribution < 1.29 is 22.6 Å². The van der Waals surface area contributed by atoms with Crippen LogP contribution in [0.3, 0.4) is 0 Å². The molecule has 0 amide bonds. The molecule has 2 aromatic carbocycles. The second kappa shape index (κ2) is 8.41.